The highest BCUT2D eigenvalue weighted by molar-refractivity contribution is 5.09. The summed E-state index contributed by atoms with van der Waals surface area (Å²) in [6, 6.07) is 0. The van der Waals surface area contributed by atoms with Crippen molar-refractivity contribution in [2.45, 2.75) is 19.0 Å². The highest BCUT2D eigenvalue weighted by Crippen LogP contribution is 2.27. The molecule has 6 heteroatoms. The smallest absolute Gasteiger partial charge is 0.330 e. The molecule has 0 aliphatic rings. The van der Waals surface area contributed by atoms with E-state index in [-0.39, 0.29) is 0 Å². The van der Waals surface area contributed by atoms with Gasteiger partial charge >= 0.3 is 6.18 Å². The summed E-state index contributed by atoms with van der Waals surface area (Å²) in [6.45, 7) is 0.477. The molecule has 0 atom stereocenters. The monoisotopic (exact) mass is 205 g/mol. The minimum atomic E-state index is -4.37. The number of halogens is 3. The van der Waals surface area contributed by atoms with Gasteiger partial charge < -0.3 is 5.73 Å². The normalized spacial score (nSPS) is 11.7. The van der Waals surface area contributed by atoms with E-state index in [0.29, 0.717) is 25.2 Å². The number of alkyl halides is 3. The third-order valence-electron chi connectivity index (χ3n) is 1.64. The molecule has 78 valence electrons. The molecule has 0 aliphatic heterocycles. The maximum absolute atomic E-state index is 12.1. The highest BCUT2D eigenvalue weighted by Gasteiger charge is 2.31. The van der Waals surface area contributed by atoms with Crippen LogP contribution in [0.2, 0.25) is 0 Å². The summed E-state index contributed by atoms with van der Waals surface area (Å²) < 4.78 is 36.2. The molecule has 0 aromatic carbocycles. The summed E-state index contributed by atoms with van der Waals surface area (Å²) in [6.07, 6.45) is -1.61. The fourth-order valence-electron chi connectivity index (χ4n) is 0.890. The van der Waals surface area contributed by atoms with Crippen LogP contribution in [0.1, 0.15) is 17.8 Å². The number of nitrogens with zero attached hydrogens (tertiary/aromatic N) is 2. The second-order valence-electron chi connectivity index (χ2n) is 2.78. The van der Waals surface area contributed by atoms with Crippen LogP contribution in [0.15, 0.2) is 12.4 Å². The van der Waals surface area contributed by atoms with Crippen molar-refractivity contribution in [2.24, 2.45) is 5.73 Å². The van der Waals surface area contributed by atoms with E-state index in [0.717, 1.165) is 12.4 Å². The molecule has 2 N–H and O–H groups in total. The molecule has 0 fully saturated rings. The molecule has 1 aromatic heterocycles. The van der Waals surface area contributed by atoms with Crippen LogP contribution in [0.4, 0.5) is 13.2 Å². The first-order chi connectivity index (χ1) is 6.54. The van der Waals surface area contributed by atoms with Crippen molar-refractivity contribution in [2.75, 3.05) is 6.54 Å². The fraction of sp³-hybridized carbons (Fsp3) is 0.500. The third-order valence-corrected chi connectivity index (χ3v) is 1.64. The first kappa shape index (κ1) is 10.9. The summed E-state index contributed by atoms with van der Waals surface area (Å²) in [4.78, 5) is 7.19. The average molecular weight is 205 g/mol. The summed E-state index contributed by atoms with van der Waals surface area (Å²) in [5.74, 6) is 0.392. The van der Waals surface area contributed by atoms with Crippen molar-refractivity contribution in [3.05, 3.63) is 23.8 Å². The summed E-state index contributed by atoms with van der Waals surface area (Å²) in [5, 5.41) is 0. The largest absolute Gasteiger partial charge is 0.419 e. The molecule has 1 heterocycles. The molecule has 0 saturated heterocycles. The first-order valence-electron chi connectivity index (χ1n) is 4.12. The van der Waals surface area contributed by atoms with E-state index in [9.17, 15) is 13.2 Å². The molecular weight excluding hydrogens is 195 g/mol. The Labute approximate surface area is 79.2 Å². The van der Waals surface area contributed by atoms with Crippen molar-refractivity contribution in [3.8, 4) is 0 Å². The van der Waals surface area contributed by atoms with Crippen LogP contribution in [0.5, 0.6) is 0 Å². The van der Waals surface area contributed by atoms with Gasteiger partial charge in [-0.05, 0) is 13.0 Å². The Morgan fingerprint density at radius 3 is 2.21 bits per heavy atom. The molecule has 0 amide bonds. The molecular formula is C8H10F3N3. The second-order valence-corrected chi connectivity index (χ2v) is 2.78. The predicted molar refractivity (Wildman–Crippen MR) is 44.4 cm³/mol. The zero-order valence-electron chi connectivity index (χ0n) is 7.38. The fourth-order valence-corrected chi connectivity index (χ4v) is 0.890. The zero-order chi connectivity index (χ0) is 10.6. The van der Waals surface area contributed by atoms with E-state index in [2.05, 4.69) is 9.97 Å². The predicted octanol–water partition coefficient (Wildman–Crippen LogP) is 1.39. The van der Waals surface area contributed by atoms with E-state index >= 15 is 0 Å². The van der Waals surface area contributed by atoms with E-state index in [4.69, 9.17) is 5.73 Å². The second kappa shape index (κ2) is 4.36. The summed E-state index contributed by atoms with van der Waals surface area (Å²) in [7, 11) is 0. The lowest BCUT2D eigenvalue weighted by Crippen LogP contribution is -2.08. The van der Waals surface area contributed by atoms with Crippen molar-refractivity contribution in [3.63, 3.8) is 0 Å². The van der Waals surface area contributed by atoms with E-state index in [1.165, 1.54) is 0 Å². The average Bonchev–Trinajstić information content (AvgIpc) is 2.14. The van der Waals surface area contributed by atoms with Gasteiger partial charge in [-0.2, -0.15) is 13.2 Å². The Kier molecular flexibility index (Phi) is 3.40. The molecule has 0 saturated carbocycles. The van der Waals surface area contributed by atoms with Gasteiger partial charge in [0.25, 0.3) is 0 Å². The molecule has 3 nitrogen and oxygen atoms in total. The van der Waals surface area contributed by atoms with Gasteiger partial charge in [0.1, 0.15) is 5.82 Å². The van der Waals surface area contributed by atoms with Crippen LogP contribution in [0.3, 0.4) is 0 Å². The van der Waals surface area contributed by atoms with Crippen molar-refractivity contribution >= 4 is 0 Å². The Hall–Kier alpha value is -1.17. The lowest BCUT2D eigenvalue weighted by Gasteiger charge is -2.05. The zero-order valence-corrected chi connectivity index (χ0v) is 7.38. The molecule has 1 rings (SSSR count). The molecule has 14 heavy (non-hydrogen) atoms. The minimum absolute atomic E-state index is 0.392. The van der Waals surface area contributed by atoms with Crippen molar-refractivity contribution < 1.29 is 13.2 Å². The van der Waals surface area contributed by atoms with Crippen LogP contribution >= 0.6 is 0 Å². The van der Waals surface area contributed by atoms with E-state index < -0.39 is 11.7 Å². The standard InChI is InChI=1S/C8H10F3N3/c9-8(10,11)6-4-13-7(14-5-6)2-1-3-12/h4-5H,1-3,12H2. The van der Waals surface area contributed by atoms with Crippen LogP contribution in [0, 0.1) is 0 Å². The topological polar surface area (TPSA) is 51.8 Å². The van der Waals surface area contributed by atoms with E-state index in [1.54, 1.807) is 0 Å². The number of rotatable bonds is 3. The number of aryl methyl sites for hydroxylation is 1. The Balaban J connectivity index is 2.69. The van der Waals surface area contributed by atoms with Gasteiger partial charge in [0, 0.05) is 18.8 Å². The molecule has 1 aromatic rings. The van der Waals surface area contributed by atoms with Gasteiger partial charge in [-0.3, -0.25) is 0 Å². The maximum Gasteiger partial charge on any atom is 0.419 e. The lowest BCUT2D eigenvalue weighted by molar-refractivity contribution is -0.138. The minimum Gasteiger partial charge on any atom is -0.330 e. The van der Waals surface area contributed by atoms with Gasteiger partial charge in [-0.1, -0.05) is 0 Å². The Morgan fingerprint density at radius 2 is 1.79 bits per heavy atom. The van der Waals surface area contributed by atoms with Crippen LogP contribution in [-0.4, -0.2) is 16.5 Å². The molecule has 0 bridgehead atoms. The number of aromatic nitrogens is 2. The van der Waals surface area contributed by atoms with Gasteiger partial charge in [0.2, 0.25) is 0 Å². The molecule has 0 radical (unpaired) electrons. The van der Waals surface area contributed by atoms with Crippen LogP contribution in [-0.2, 0) is 12.6 Å². The quantitative estimate of drug-likeness (QED) is 0.811. The first-order valence-corrected chi connectivity index (χ1v) is 4.12. The van der Waals surface area contributed by atoms with Gasteiger partial charge in [-0.25, -0.2) is 9.97 Å². The van der Waals surface area contributed by atoms with Crippen molar-refractivity contribution in [1.82, 2.24) is 9.97 Å². The van der Waals surface area contributed by atoms with Crippen molar-refractivity contribution in [1.29, 1.82) is 0 Å². The van der Waals surface area contributed by atoms with E-state index in [1.807, 2.05) is 0 Å². The maximum atomic E-state index is 12.1. The Bertz CT molecular complexity index is 281. The summed E-state index contributed by atoms with van der Waals surface area (Å²) >= 11 is 0. The number of nitrogens with two attached hydrogens (primary N) is 1. The molecule has 0 unspecified atom stereocenters. The number of hydrogen-bond donors (Lipinski definition) is 1. The van der Waals surface area contributed by atoms with Crippen LogP contribution < -0.4 is 5.73 Å². The number of hydrogen-bond acceptors (Lipinski definition) is 3. The molecule has 0 aliphatic carbocycles. The summed E-state index contributed by atoms with van der Waals surface area (Å²) in [5.41, 5.74) is 4.41. The van der Waals surface area contributed by atoms with Gasteiger partial charge in [-0.15, -0.1) is 0 Å². The third kappa shape index (κ3) is 2.95. The van der Waals surface area contributed by atoms with Gasteiger partial charge in [0.15, 0.2) is 0 Å². The van der Waals surface area contributed by atoms with Crippen LogP contribution in [0.25, 0.3) is 0 Å². The Morgan fingerprint density at radius 1 is 1.21 bits per heavy atom. The lowest BCUT2D eigenvalue weighted by atomic mass is 10.3. The van der Waals surface area contributed by atoms with Gasteiger partial charge in [0.05, 0.1) is 5.56 Å². The molecule has 0 spiro atoms. The highest BCUT2D eigenvalue weighted by atomic mass is 19.4. The SMILES string of the molecule is NCCCc1ncc(C(F)(F)F)cn1.